The van der Waals surface area contributed by atoms with Gasteiger partial charge in [-0.3, -0.25) is 9.59 Å². The number of anilines is 1. The molecular formula is C21H19F3N2O3. The van der Waals surface area contributed by atoms with Crippen LogP contribution >= 0.6 is 0 Å². The fourth-order valence-electron chi connectivity index (χ4n) is 4.04. The van der Waals surface area contributed by atoms with Gasteiger partial charge in [-0.05, 0) is 44.0 Å². The molecule has 0 bridgehead atoms. The average molecular weight is 404 g/mol. The Bertz CT molecular complexity index is 974. The van der Waals surface area contributed by atoms with Gasteiger partial charge in [-0.1, -0.05) is 18.2 Å². The number of carbonyl (C=O) groups is 2. The topological polar surface area (TPSA) is 58.6 Å². The SMILES string of the molecule is CC(=O)c1ccc2c(c1)N1CCC[C@@H](NC(=O)C(F)(F)F)[C@H]1c1ccccc1O2. The second-order valence-electron chi connectivity index (χ2n) is 7.24. The molecule has 0 unspecified atom stereocenters. The van der Waals surface area contributed by atoms with Gasteiger partial charge in [0, 0.05) is 17.7 Å². The number of halogens is 3. The van der Waals surface area contributed by atoms with Crippen LogP contribution in [0.4, 0.5) is 18.9 Å². The van der Waals surface area contributed by atoms with E-state index in [-0.39, 0.29) is 5.78 Å². The number of Topliss-reactive ketones (excluding diaryl/α,β-unsaturated/α-hetero) is 1. The van der Waals surface area contributed by atoms with E-state index in [1.54, 1.807) is 42.5 Å². The minimum atomic E-state index is -4.96. The van der Waals surface area contributed by atoms with E-state index in [4.69, 9.17) is 4.74 Å². The lowest BCUT2D eigenvalue weighted by molar-refractivity contribution is -0.174. The van der Waals surface area contributed by atoms with E-state index >= 15 is 0 Å². The summed E-state index contributed by atoms with van der Waals surface area (Å²) in [6.07, 6.45) is -3.97. The highest BCUT2D eigenvalue weighted by atomic mass is 19.4. The molecule has 5 nitrogen and oxygen atoms in total. The van der Waals surface area contributed by atoms with Crippen molar-refractivity contribution in [3.63, 3.8) is 0 Å². The minimum absolute atomic E-state index is 0.120. The molecule has 152 valence electrons. The van der Waals surface area contributed by atoms with Crippen LogP contribution in [0.1, 0.15) is 41.7 Å². The predicted molar refractivity (Wildman–Crippen MR) is 100 cm³/mol. The normalized spacial score (nSPS) is 20.5. The molecule has 1 amide bonds. The summed E-state index contributed by atoms with van der Waals surface area (Å²) in [5, 5.41) is 2.17. The molecule has 0 aromatic heterocycles. The maximum atomic E-state index is 12.9. The van der Waals surface area contributed by atoms with Gasteiger partial charge in [0.25, 0.3) is 0 Å². The van der Waals surface area contributed by atoms with Crippen LogP contribution in [-0.4, -0.2) is 30.5 Å². The summed E-state index contributed by atoms with van der Waals surface area (Å²) in [4.78, 5) is 25.5. The van der Waals surface area contributed by atoms with Gasteiger partial charge in [-0.25, -0.2) is 0 Å². The molecule has 1 saturated heterocycles. The number of nitrogens with zero attached hydrogens (tertiary/aromatic N) is 1. The maximum Gasteiger partial charge on any atom is 0.471 e. The van der Waals surface area contributed by atoms with Crippen LogP contribution in [0.3, 0.4) is 0 Å². The largest absolute Gasteiger partial charge is 0.471 e. The van der Waals surface area contributed by atoms with Crippen LogP contribution in [0.25, 0.3) is 0 Å². The van der Waals surface area contributed by atoms with Crippen LogP contribution in [0, 0.1) is 0 Å². The van der Waals surface area contributed by atoms with Crippen molar-refractivity contribution in [3.05, 3.63) is 53.6 Å². The number of fused-ring (bicyclic) bond motifs is 5. The molecule has 1 fully saturated rings. The third-order valence-corrected chi connectivity index (χ3v) is 5.34. The first-order valence-electron chi connectivity index (χ1n) is 9.32. The Morgan fingerprint density at radius 1 is 1.14 bits per heavy atom. The number of amides is 1. The van der Waals surface area contributed by atoms with Crippen molar-refractivity contribution in [2.24, 2.45) is 0 Å². The lowest BCUT2D eigenvalue weighted by atomic mass is 9.89. The molecule has 2 aliphatic heterocycles. The number of para-hydroxylation sites is 1. The number of hydrogen-bond acceptors (Lipinski definition) is 4. The van der Waals surface area contributed by atoms with Crippen LogP contribution in [0.15, 0.2) is 42.5 Å². The summed E-state index contributed by atoms with van der Waals surface area (Å²) in [7, 11) is 0. The number of nitrogens with one attached hydrogen (secondary N) is 1. The number of benzene rings is 2. The molecule has 2 aliphatic rings. The number of hydrogen-bond donors (Lipinski definition) is 1. The van der Waals surface area contributed by atoms with Crippen LogP contribution in [-0.2, 0) is 4.79 Å². The molecule has 2 aromatic rings. The molecule has 0 saturated carbocycles. The van der Waals surface area contributed by atoms with E-state index in [1.165, 1.54) is 6.92 Å². The van der Waals surface area contributed by atoms with E-state index in [9.17, 15) is 22.8 Å². The number of ether oxygens (including phenoxy) is 1. The molecule has 1 N–H and O–H groups in total. The predicted octanol–water partition coefficient (Wildman–Crippen LogP) is 4.38. The smallest absolute Gasteiger partial charge is 0.455 e. The lowest BCUT2D eigenvalue weighted by Gasteiger charge is -2.42. The van der Waals surface area contributed by atoms with E-state index < -0.39 is 24.2 Å². The molecule has 0 spiro atoms. The number of ketones is 1. The van der Waals surface area contributed by atoms with Gasteiger partial charge < -0.3 is 15.0 Å². The maximum absolute atomic E-state index is 12.9. The molecule has 8 heteroatoms. The van der Waals surface area contributed by atoms with Crippen LogP contribution in [0.2, 0.25) is 0 Å². The molecule has 0 radical (unpaired) electrons. The zero-order chi connectivity index (χ0) is 20.8. The summed E-state index contributed by atoms with van der Waals surface area (Å²) in [6, 6.07) is 10.9. The molecule has 4 rings (SSSR count). The van der Waals surface area contributed by atoms with Crippen molar-refractivity contribution in [1.82, 2.24) is 5.32 Å². The fraction of sp³-hybridized carbons (Fsp3) is 0.333. The van der Waals surface area contributed by atoms with Crippen molar-refractivity contribution < 1.29 is 27.5 Å². The summed E-state index contributed by atoms with van der Waals surface area (Å²) >= 11 is 0. The summed E-state index contributed by atoms with van der Waals surface area (Å²) < 4.78 is 44.8. The highest BCUT2D eigenvalue weighted by Gasteiger charge is 2.44. The Balaban J connectivity index is 1.82. The van der Waals surface area contributed by atoms with Gasteiger partial charge in [0.1, 0.15) is 5.75 Å². The number of carbonyl (C=O) groups excluding carboxylic acids is 2. The van der Waals surface area contributed by atoms with E-state index in [0.717, 1.165) is 0 Å². The van der Waals surface area contributed by atoms with Crippen molar-refractivity contribution in [2.45, 2.75) is 38.0 Å². The highest BCUT2D eigenvalue weighted by molar-refractivity contribution is 5.95. The lowest BCUT2D eigenvalue weighted by Crippen LogP contribution is -2.52. The standard InChI is InChI=1S/C21H19F3N2O3/c1-12(27)13-8-9-18-16(11-13)26-10-4-6-15(25-20(28)21(22,23)24)19(26)14-5-2-3-7-17(14)29-18/h2-3,5,7-9,11,15,19H,4,6,10H2,1H3,(H,25,28)/t15-,19-/m1/s1. The fourth-order valence-corrected chi connectivity index (χ4v) is 4.04. The molecule has 0 aliphatic carbocycles. The Morgan fingerprint density at radius 2 is 1.90 bits per heavy atom. The van der Waals surface area contributed by atoms with Gasteiger partial charge in [0.05, 0.1) is 17.8 Å². The van der Waals surface area contributed by atoms with Crippen molar-refractivity contribution in [2.75, 3.05) is 11.4 Å². The third kappa shape index (κ3) is 3.54. The molecule has 2 aromatic carbocycles. The number of rotatable bonds is 2. The molecule has 2 atom stereocenters. The average Bonchev–Trinajstić information content (AvgIpc) is 2.81. The van der Waals surface area contributed by atoms with Crippen molar-refractivity contribution in [1.29, 1.82) is 0 Å². The van der Waals surface area contributed by atoms with Gasteiger partial charge in [0.15, 0.2) is 11.5 Å². The number of piperidine rings is 1. The Labute approximate surface area is 165 Å². The Kier molecular flexibility index (Phi) is 4.72. The molecular weight excluding hydrogens is 385 g/mol. The molecule has 2 heterocycles. The molecule has 29 heavy (non-hydrogen) atoms. The zero-order valence-electron chi connectivity index (χ0n) is 15.6. The second kappa shape index (κ2) is 7.09. The summed E-state index contributed by atoms with van der Waals surface area (Å²) in [6.45, 7) is 2.02. The first-order chi connectivity index (χ1) is 13.8. The quantitative estimate of drug-likeness (QED) is 0.755. The zero-order valence-corrected chi connectivity index (χ0v) is 15.6. The van der Waals surface area contributed by atoms with Crippen molar-refractivity contribution >= 4 is 17.4 Å². The minimum Gasteiger partial charge on any atom is -0.455 e. The van der Waals surface area contributed by atoms with Gasteiger partial charge in [0.2, 0.25) is 0 Å². The number of alkyl halides is 3. The van der Waals surface area contributed by atoms with E-state index in [0.29, 0.717) is 47.7 Å². The van der Waals surface area contributed by atoms with Crippen LogP contribution in [0.5, 0.6) is 11.5 Å². The summed E-state index contributed by atoms with van der Waals surface area (Å²) in [5.74, 6) is -1.03. The highest BCUT2D eigenvalue weighted by Crippen LogP contribution is 2.47. The van der Waals surface area contributed by atoms with Gasteiger partial charge in [-0.15, -0.1) is 0 Å². The van der Waals surface area contributed by atoms with Crippen LogP contribution < -0.4 is 15.0 Å². The Morgan fingerprint density at radius 3 is 2.62 bits per heavy atom. The van der Waals surface area contributed by atoms with E-state index in [2.05, 4.69) is 5.32 Å². The first kappa shape index (κ1) is 19.3. The first-order valence-corrected chi connectivity index (χ1v) is 9.32. The van der Waals surface area contributed by atoms with E-state index in [1.807, 2.05) is 4.90 Å². The summed E-state index contributed by atoms with van der Waals surface area (Å²) in [5.41, 5.74) is 1.81. The van der Waals surface area contributed by atoms with Gasteiger partial charge in [-0.2, -0.15) is 13.2 Å². The Hall–Kier alpha value is -3.03. The van der Waals surface area contributed by atoms with Crippen molar-refractivity contribution in [3.8, 4) is 11.5 Å². The van der Waals surface area contributed by atoms with Gasteiger partial charge >= 0.3 is 12.1 Å². The second-order valence-corrected chi connectivity index (χ2v) is 7.24. The third-order valence-electron chi connectivity index (χ3n) is 5.34. The monoisotopic (exact) mass is 404 g/mol.